The Labute approximate surface area is 186 Å². The first-order valence-electron chi connectivity index (χ1n) is 9.74. The fourth-order valence-corrected chi connectivity index (χ4v) is 3.17. The summed E-state index contributed by atoms with van der Waals surface area (Å²) in [6, 6.07) is 13.1. The summed E-state index contributed by atoms with van der Waals surface area (Å²) < 4.78 is 21.1. The molecule has 0 atom stereocenters. The molecule has 1 aromatic heterocycles. The monoisotopic (exact) mass is 437 g/mol. The number of carbonyl (C=O) groups excluding carboxylic acids is 2. The van der Waals surface area contributed by atoms with Crippen LogP contribution in [0.1, 0.15) is 26.3 Å². The van der Waals surface area contributed by atoms with Gasteiger partial charge in [0.25, 0.3) is 5.82 Å². The van der Waals surface area contributed by atoms with Gasteiger partial charge in [-0.05, 0) is 43.3 Å². The summed E-state index contributed by atoms with van der Waals surface area (Å²) in [4.78, 5) is 31.4. The Morgan fingerprint density at radius 2 is 1.12 bits per heavy atom. The molecule has 2 amide bonds. The van der Waals surface area contributed by atoms with Gasteiger partial charge in [0.2, 0.25) is 0 Å². The van der Waals surface area contributed by atoms with Crippen molar-refractivity contribution in [1.82, 2.24) is 0 Å². The van der Waals surface area contributed by atoms with Crippen LogP contribution in [-0.2, 0) is 0 Å². The number of imide groups is 1. The second-order valence-electron chi connectivity index (χ2n) is 6.85. The Balaban J connectivity index is 2.17. The van der Waals surface area contributed by atoms with Gasteiger partial charge in [-0.3, -0.25) is 0 Å². The van der Waals surface area contributed by atoms with Crippen LogP contribution in [0.3, 0.4) is 0 Å². The number of amides is 2. The van der Waals surface area contributed by atoms with Crippen LogP contribution < -0.4 is 28.8 Å². The van der Waals surface area contributed by atoms with Crippen LogP contribution in [0.2, 0.25) is 0 Å². The summed E-state index contributed by atoms with van der Waals surface area (Å²) in [5.41, 5.74) is 1.15. The second-order valence-corrected chi connectivity index (χ2v) is 6.85. The average molecular weight is 437 g/mol. The number of aryl methyl sites for hydroxylation is 1. The molecule has 2 aromatic carbocycles. The van der Waals surface area contributed by atoms with Gasteiger partial charge in [-0.2, -0.15) is 0 Å². The molecule has 8 heteroatoms. The molecule has 0 radical (unpaired) electrons. The van der Waals surface area contributed by atoms with Crippen LogP contribution in [0.15, 0.2) is 54.7 Å². The lowest BCUT2D eigenvalue weighted by Crippen LogP contribution is -2.41. The number of nitrogens with zero attached hydrogens (tertiary/aromatic N) is 1. The van der Waals surface area contributed by atoms with Crippen molar-refractivity contribution in [2.75, 3.05) is 33.3 Å². The minimum absolute atomic E-state index is 0.223. The van der Waals surface area contributed by atoms with Gasteiger partial charge < -0.3 is 18.9 Å². The summed E-state index contributed by atoms with van der Waals surface area (Å²) in [7, 11) is 5.96. The predicted molar refractivity (Wildman–Crippen MR) is 118 cm³/mol. The molecule has 0 saturated heterocycles. The second kappa shape index (κ2) is 9.82. The Hall–Kier alpha value is -4.07. The molecule has 3 aromatic rings. The first-order chi connectivity index (χ1) is 15.4. The van der Waals surface area contributed by atoms with Crippen molar-refractivity contribution >= 4 is 17.6 Å². The fourth-order valence-electron chi connectivity index (χ4n) is 3.17. The molecule has 0 unspecified atom stereocenters. The van der Waals surface area contributed by atoms with Crippen LogP contribution in [0, 0.1) is 6.92 Å². The van der Waals surface area contributed by atoms with Gasteiger partial charge in [0, 0.05) is 17.7 Å². The summed E-state index contributed by atoms with van der Waals surface area (Å²) in [5.74, 6) is 0.938. The first-order valence-corrected chi connectivity index (χ1v) is 9.74. The van der Waals surface area contributed by atoms with Gasteiger partial charge >= 0.3 is 11.8 Å². The molecular formula is C24H25N2O6+. The Bertz CT molecular complexity index is 1030. The van der Waals surface area contributed by atoms with Crippen LogP contribution in [0.5, 0.6) is 23.0 Å². The molecule has 32 heavy (non-hydrogen) atoms. The van der Waals surface area contributed by atoms with Crippen LogP contribution in [0.25, 0.3) is 0 Å². The third-order valence-corrected chi connectivity index (χ3v) is 4.86. The normalized spacial score (nSPS) is 10.3. The molecule has 0 saturated carbocycles. The van der Waals surface area contributed by atoms with E-state index in [-0.39, 0.29) is 11.1 Å². The summed E-state index contributed by atoms with van der Waals surface area (Å²) in [5, 5.41) is 0. The zero-order valence-electron chi connectivity index (χ0n) is 18.6. The van der Waals surface area contributed by atoms with Crippen molar-refractivity contribution in [2.24, 2.45) is 0 Å². The highest BCUT2D eigenvalue weighted by molar-refractivity contribution is 6.25. The van der Waals surface area contributed by atoms with Crippen molar-refractivity contribution in [1.29, 1.82) is 0 Å². The number of benzene rings is 2. The van der Waals surface area contributed by atoms with E-state index in [0.717, 1.165) is 4.90 Å². The zero-order valence-corrected chi connectivity index (χ0v) is 18.6. The smallest absolute Gasteiger partial charge is 0.349 e. The van der Waals surface area contributed by atoms with E-state index < -0.39 is 11.8 Å². The molecule has 1 heterocycles. The first kappa shape index (κ1) is 22.6. The van der Waals surface area contributed by atoms with Gasteiger partial charge in [-0.15, -0.1) is 4.90 Å². The molecule has 0 aliphatic carbocycles. The highest BCUT2D eigenvalue weighted by atomic mass is 16.5. The minimum atomic E-state index is -0.556. The van der Waals surface area contributed by atoms with Gasteiger partial charge in [-0.25, -0.2) is 14.6 Å². The lowest BCUT2D eigenvalue weighted by atomic mass is 10.1. The fraction of sp³-hybridized carbons (Fsp3) is 0.208. The maximum absolute atomic E-state index is 13.7. The highest BCUT2D eigenvalue weighted by Crippen LogP contribution is 2.28. The predicted octanol–water partition coefficient (Wildman–Crippen LogP) is 3.33. The van der Waals surface area contributed by atoms with Crippen LogP contribution in [-0.4, -0.2) is 40.3 Å². The molecular weight excluding hydrogens is 412 g/mol. The van der Waals surface area contributed by atoms with Crippen molar-refractivity contribution in [3.63, 3.8) is 0 Å². The maximum atomic E-state index is 13.7. The van der Waals surface area contributed by atoms with E-state index >= 15 is 0 Å². The SMILES string of the molecule is COc1cc(OC)cc(C(=O)N(C(=O)c2cc(OC)cc(OC)c2)c2[nH+]cccc2C)c1. The molecule has 8 nitrogen and oxygen atoms in total. The quantitative estimate of drug-likeness (QED) is 0.527. The van der Waals surface area contributed by atoms with Crippen LogP contribution in [0.4, 0.5) is 5.82 Å². The zero-order chi connectivity index (χ0) is 23.3. The number of anilines is 1. The number of aromatic nitrogens is 1. The number of pyridine rings is 1. The largest absolute Gasteiger partial charge is 0.497 e. The minimum Gasteiger partial charge on any atom is -0.497 e. The molecule has 0 spiro atoms. The summed E-state index contributed by atoms with van der Waals surface area (Å²) >= 11 is 0. The number of nitrogens with one attached hydrogen (secondary N) is 1. The number of hydrogen-bond acceptors (Lipinski definition) is 6. The lowest BCUT2D eigenvalue weighted by Gasteiger charge is -2.16. The molecule has 0 aliphatic rings. The van der Waals surface area contributed by atoms with Gasteiger partial charge in [0.05, 0.1) is 45.8 Å². The van der Waals surface area contributed by atoms with E-state index in [0.29, 0.717) is 34.4 Å². The summed E-state index contributed by atoms with van der Waals surface area (Å²) in [6.45, 7) is 1.80. The number of H-pyrrole nitrogens is 1. The van der Waals surface area contributed by atoms with E-state index in [4.69, 9.17) is 18.9 Å². The standard InChI is InChI=1S/C24H24N2O6/c1-15-7-6-8-25-22(15)26(23(27)16-9-18(29-2)13-19(10-16)30-3)24(28)17-11-20(31-4)14-21(12-17)32-5/h6-14H,1-5H3/p+1. The van der Waals surface area contributed by atoms with E-state index in [1.807, 2.05) is 0 Å². The third-order valence-electron chi connectivity index (χ3n) is 4.86. The Morgan fingerprint density at radius 1 is 0.719 bits per heavy atom. The van der Waals surface area contributed by atoms with Gasteiger partial charge in [0.15, 0.2) is 0 Å². The van der Waals surface area contributed by atoms with E-state index in [9.17, 15) is 9.59 Å². The topological polar surface area (TPSA) is 88.4 Å². The number of carbonyl (C=O) groups is 2. The van der Waals surface area contributed by atoms with Crippen LogP contribution >= 0.6 is 0 Å². The number of rotatable bonds is 7. The van der Waals surface area contributed by atoms with Gasteiger partial charge in [-0.1, -0.05) is 0 Å². The highest BCUT2D eigenvalue weighted by Gasteiger charge is 2.37. The molecule has 0 fully saturated rings. The third kappa shape index (κ3) is 4.64. The molecule has 166 valence electrons. The maximum Gasteiger partial charge on any atom is 0.349 e. The van der Waals surface area contributed by atoms with Crippen molar-refractivity contribution < 1.29 is 33.5 Å². The molecule has 0 bridgehead atoms. The Kier molecular flexibility index (Phi) is 6.94. The molecule has 3 rings (SSSR count). The van der Waals surface area contributed by atoms with Crippen molar-refractivity contribution in [3.05, 3.63) is 71.4 Å². The molecule has 0 aliphatic heterocycles. The van der Waals surface area contributed by atoms with E-state index in [2.05, 4.69) is 4.98 Å². The number of methoxy groups -OCH3 is 4. The van der Waals surface area contributed by atoms with E-state index in [1.54, 1.807) is 61.7 Å². The average Bonchev–Trinajstić information content (AvgIpc) is 2.84. The Morgan fingerprint density at radius 3 is 1.47 bits per heavy atom. The van der Waals surface area contributed by atoms with Gasteiger partial charge in [0.1, 0.15) is 23.0 Å². The number of ether oxygens (including phenoxy) is 4. The lowest BCUT2D eigenvalue weighted by molar-refractivity contribution is -0.363. The van der Waals surface area contributed by atoms with Crippen molar-refractivity contribution in [3.8, 4) is 23.0 Å². The van der Waals surface area contributed by atoms with Crippen molar-refractivity contribution in [2.45, 2.75) is 6.92 Å². The molecule has 1 N–H and O–H groups in total. The number of hydrogen-bond donors (Lipinski definition) is 0. The van der Waals surface area contributed by atoms with E-state index in [1.165, 1.54) is 28.4 Å². The summed E-state index contributed by atoms with van der Waals surface area (Å²) in [6.07, 6.45) is 1.65. The number of aromatic amines is 1.